The van der Waals surface area contributed by atoms with E-state index in [4.69, 9.17) is 32.7 Å². The quantitative estimate of drug-likeness (QED) is 0.581. The second-order valence-corrected chi connectivity index (χ2v) is 7.95. The van der Waals surface area contributed by atoms with Crippen molar-refractivity contribution in [1.82, 2.24) is 9.80 Å². The maximum Gasteiger partial charge on any atom is 0.254 e. The summed E-state index contributed by atoms with van der Waals surface area (Å²) in [5, 5.41) is 0.845. The van der Waals surface area contributed by atoms with Gasteiger partial charge >= 0.3 is 0 Å². The van der Waals surface area contributed by atoms with Gasteiger partial charge < -0.3 is 19.3 Å². The molecule has 3 rings (SSSR count). The summed E-state index contributed by atoms with van der Waals surface area (Å²) in [7, 11) is 3.00. The highest BCUT2D eigenvalue weighted by molar-refractivity contribution is 6.32. The Bertz CT molecular complexity index is 1020. The summed E-state index contributed by atoms with van der Waals surface area (Å²) in [6.07, 6.45) is 0. The molecule has 0 spiro atoms. The second-order valence-electron chi connectivity index (χ2n) is 7.10. The number of carbonyl (C=O) groups is 3. The first-order chi connectivity index (χ1) is 15.3. The number of anilines is 1. The summed E-state index contributed by atoms with van der Waals surface area (Å²) in [6.45, 7) is 0.252. The predicted octanol–water partition coefficient (Wildman–Crippen LogP) is 2.92. The maximum absolute atomic E-state index is 13.0. The minimum atomic E-state index is -0.353. The van der Waals surface area contributed by atoms with Crippen molar-refractivity contribution in [3.05, 3.63) is 58.1 Å². The number of amides is 3. The summed E-state index contributed by atoms with van der Waals surface area (Å²) >= 11 is 12.1. The zero-order valence-electron chi connectivity index (χ0n) is 17.7. The van der Waals surface area contributed by atoms with Crippen molar-refractivity contribution in [2.45, 2.75) is 0 Å². The first-order valence-corrected chi connectivity index (χ1v) is 10.5. The third-order valence-electron chi connectivity index (χ3n) is 4.99. The van der Waals surface area contributed by atoms with E-state index >= 15 is 0 Å². The molecule has 0 bridgehead atoms. The Labute approximate surface area is 196 Å². The number of nitrogens with zero attached hydrogens (tertiary/aromatic N) is 3. The van der Waals surface area contributed by atoms with Crippen molar-refractivity contribution in [2.24, 2.45) is 0 Å². The standard InChI is InChI=1S/C22H23Cl2N3O5/c1-31-9-8-25(22(30)15-4-3-5-16(23)10-15)12-20(28)26-13-21(29)27(14-26)17-6-7-18(24)19(11-17)32-2/h3-7,10-11H,8-9,12-14H2,1-2H3. The number of hydrogen-bond acceptors (Lipinski definition) is 5. The molecule has 1 heterocycles. The van der Waals surface area contributed by atoms with Crippen LogP contribution in [0, 0.1) is 0 Å². The fourth-order valence-corrected chi connectivity index (χ4v) is 3.66. The van der Waals surface area contributed by atoms with Crippen LogP contribution in [-0.2, 0) is 14.3 Å². The predicted molar refractivity (Wildman–Crippen MR) is 121 cm³/mol. The van der Waals surface area contributed by atoms with Crippen LogP contribution in [0.1, 0.15) is 10.4 Å². The van der Waals surface area contributed by atoms with E-state index in [-0.39, 0.29) is 50.6 Å². The third kappa shape index (κ3) is 5.51. The smallest absolute Gasteiger partial charge is 0.254 e. The number of rotatable bonds is 8. The van der Waals surface area contributed by atoms with Gasteiger partial charge in [0.05, 0.1) is 18.7 Å². The van der Waals surface area contributed by atoms with Crippen LogP contribution < -0.4 is 9.64 Å². The molecule has 0 atom stereocenters. The van der Waals surface area contributed by atoms with E-state index in [2.05, 4.69) is 0 Å². The molecule has 3 amide bonds. The lowest BCUT2D eigenvalue weighted by molar-refractivity contribution is -0.132. The molecular formula is C22H23Cl2N3O5. The van der Waals surface area contributed by atoms with Crippen molar-refractivity contribution in [3.8, 4) is 5.75 Å². The summed E-state index contributed by atoms with van der Waals surface area (Å²) in [5.41, 5.74) is 0.937. The van der Waals surface area contributed by atoms with Gasteiger partial charge in [0.25, 0.3) is 5.91 Å². The van der Waals surface area contributed by atoms with Crippen molar-refractivity contribution in [2.75, 3.05) is 52.0 Å². The fraction of sp³-hybridized carbons (Fsp3) is 0.318. The Morgan fingerprint density at radius 2 is 1.91 bits per heavy atom. The lowest BCUT2D eigenvalue weighted by Crippen LogP contribution is -2.44. The number of carbonyl (C=O) groups excluding carboxylic acids is 3. The van der Waals surface area contributed by atoms with Crippen LogP contribution in [0.15, 0.2) is 42.5 Å². The van der Waals surface area contributed by atoms with E-state index in [1.165, 1.54) is 28.9 Å². The normalized spacial score (nSPS) is 13.4. The molecule has 0 saturated carbocycles. The van der Waals surface area contributed by atoms with Gasteiger partial charge in [0, 0.05) is 36.0 Å². The Morgan fingerprint density at radius 1 is 1.12 bits per heavy atom. The minimum absolute atomic E-state index is 0.0614. The highest BCUT2D eigenvalue weighted by Gasteiger charge is 2.33. The SMILES string of the molecule is COCCN(CC(=O)N1CC(=O)N(c2ccc(Cl)c(OC)c2)C1)C(=O)c1cccc(Cl)c1. The van der Waals surface area contributed by atoms with Crippen molar-refractivity contribution >= 4 is 46.6 Å². The molecule has 1 saturated heterocycles. The molecule has 2 aromatic rings. The molecule has 2 aromatic carbocycles. The number of halogens is 2. The molecule has 0 unspecified atom stereocenters. The number of ether oxygens (including phenoxy) is 2. The average Bonchev–Trinajstić information content (AvgIpc) is 3.18. The lowest BCUT2D eigenvalue weighted by atomic mass is 10.2. The van der Waals surface area contributed by atoms with Crippen LogP contribution in [0.4, 0.5) is 5.69 Å². The highest BCUT2D eigenvalue weighted by atomic mass is 35.5. The van der Waals surface area contributed by atoms with E-state index in [0.717, 1.165) is 0 Å². The van der Waals surface area contributed by atoms with E-state index in [0.29, 0.717) is 27.0 Å². The van der Waals surface area contributed by atoms with Gasteiger partial charge in [-0.2, -0.15) is 0 Å². The van der Waals surface area contributed by atoms with E-state index in [1.54, 1.807) is 42.5 Å². The Balaban J connectivity index is 1.72. The van der Waals surface area contributed by atoms with Gasteiger partial charge in [-0.3, -0.25) is 19.3 Å². The molecule has 1 aliphatic rings. The zero-order valence-corrected chi connectivity index (χ0v) is 19.2. The Kier molecular flexibility index (Phi) is 7.95. The summed E-state index contributed by atoms with van der Waals surface area (Å²) in [4.78, 5) is 42.7. The first kappa shape index (κ1) is 23.8. The Morgan fingerprint density at radius 3 is 2.59 bits per heavy atom. The monoisotopic (exact) mass is 479 g/mol. The number of methoxy groups -OCH3 is 2. The van der Waals surface area contributed by atoms with Gasteiger partial charge in [0.2, 0.25) is 11.8 Å². The molecule has 0 N–H and O–H groups in total. The largest absolute Gasteiger partial charge is 0.495 e. The minimum Gasteiger partial charge on any atom is -0.495 e. The molecule has 170 valence electrons. The van der Waals surface area contributed by atoms with Crippen LogP contribution in [-0.4, -0.2) is 74.7 Å². The van der Waals surface area contributed by atoms with Crippen LogP contribution in [0.25, 0.3) is 0 Å². The summed E-state index contributed by atoms with van der Waals surface area (Å²) in [5.74, 6) is -0.511. The molecule has 10 heteroatoms. The molecule has 0 radical (unpaired) electrons. The van der Waals surface area contributed by atoms with Gasteiger partial charge in [-0.05, 0) is 30.3 Å². The molecule has 1 aliphatic heterocycles. The molecule has 32 heavy (non-hydrogen) atoms. The van der Waals surface area contributed by atoms with Crippen molar-refractivity contribution < 1.29 is 23.9 Å². The van der Waals surface area contributed by atoms with E-state index in [9.17, 15) is 14.4 Å². The third-order valence-corrected chi connectivity index (χ3v) is 5.54. The van der Waals surface area contributed by atoms with Crippen molar-refractivity contribution in [3.63, 3.8) is 0 Å². The van der Waals surface area contributed by atoms with Gasteiger partial charge in [-0.25, -0.2) is 0 Å². The van der Waals surface area contributed by atoms with Crippen LogP contribution in [0.2, 0.25) is 10.0 Å². The van der Waals surface area contributed by atoms with Crippen LogP contribution >= 0.6 is 23.2 Å². The fourth-order valence-electron chi connectivity index (χ4n) is 3.28. The van der Waals surface area contributed by atoms with Crippen LogP contribution in [0.5, 0.6) is 5.75 Å². The highest BCUT2D eigenvalue weighted by Crippen LogP contribution is 2.30. The van der Waals surface area contributed by atoms with Crippen molar-refractivity contribution in [1.29, 1.82) is 0 Å². The molecule has 1 fully saturated rings. The lowest BCUT2D eigenvalue weighted by Gasteiger charge is -2.25. The number of benzene rings is 2. The van der Waals surface area contributed by atoms with Gasteiger partial charge in [-0.15, -0.1) is 0 Å². The molecule has 8 nitrogen and oxygen atoms in total. The molecular weight excluding hydrogens is 457 g/mol. The maximum atomic E-state index is 13.0. The molecule has 0 aliphatic carbocycles. The zero-order chi connectivity index (χ0) is 23.3. The number of hydrogen-bond donors (Lipinski definition) is 0. The summed E-state index contributed by atoms with van der Waals surface area (Å²) in [6, 6.07) is 11.5. The van der Waals surface area contributed by atoms with Gasteiger partial charge in [-0.1, -0.05) is 29.3 Å². The summed E-state index contributed by atoms with van der Waals surface area (Å²) < 4.78 is 10.3. The van der Waals surface area contributed by atoms with Gasteiger partial charge in [0.15, 0.2) is 0 Å². The first-order valence-electron chi connectivity index (χ1n) is 9.79. The van der Waals surface area contributed by atoms with Gasteiger partial charge in [0.1, 0.15) is 25.5 Å². The average molecular weight is 480 g/mol. The van der Waals surface area contributed by atoms with E-state index < -0.39 is 0 Å². The molecule has 0 aromatic heterocycles. The van der Waals surface area contributed by atoms with Crippen LogP contribution in [0.3, 0.4) is 0 Å². The topological polar surface area (TPSA) is 79.4 Å². The second kappa shape index (κ2) is 10.7. The van der Waals surface area contributed by atoms with E-state index in [1.807, 2.05) is 0 Å². The Hall–Kier alpha value is -2.81.